The van der Waals surface area contributed by atoms with Crippen molar-refractivity contribution in [3.05, 3.63) is 59.4 Å². The lowest BCUT2D eigenvalue weighted by atomic mass is 10.0. The van der Waals surface area contributed by atoms with Crippen LogP contribution in [0.3, 0.4) is 0 Å². The molecule has 2 N–H and O–H groups in total. The Balaban J connectivity index is 1.68. The standard InChI is InChI=1S/C23H28FN3O3/c1-15(2)21(26-22(28)17-6-4-5-16(3)13-17)23(29)25-18-7-8-20(19(24)14-18)27-9-11-30-12-10-27/h4-8,13-15,21H,9-12H2,1-3H3,(H,25,29)(H,26,28). The Morgan fingerprint density at radius 3 is 2.47 bits per heavy atom. The van der Waals surface area contributed by atoms with Crippen LogP contribution in [0.25, 0.3) is 0 Å². The van der Waals surface area contributed by atoms with Gasteiger partial charge in [0.25, 0.3) is 5.91 Å². The summed E-state index contributed by atoms with van der Waals surface area (Å²) in [4.78, 5) is 27.3. The van der Waals surface area contributed by atoms with Crippen molar-refractivity contribution in [2.75, 3.05) is 36.5 Å². The number of hydrogen-bond donors (Lipinski definition) is 2. The molecule has 2 aromatic carbocycles. The molecule has 2 aromatic rings. The van der Waals surface area contributed by atoms with Gasteiger partial charge < -0.3 is 20.3 Å². The van der Waals surface area contributed by atoms with E-state index in [2.05, 4.69) is 10.6 Å². The molecule has 1 fully saturated rings. The van der Waals surface area contributed by atoms with Crippen LogP contribution in [0, 0.1) is 18.7 Å². The summed E-state index contributed by atoms with van der Waals surface area (Å²) in [6.45, 7) is 7.99. The van der Waals surface area contributed by atoms with Crippen LogP contribution >= 0.6 is 0 Å². The Kier molecular flexibility index (Phi) is 7.05. The van der Waals surface area contributed by atoms with Gasteiger partial charge >= 0.3 is 0 Å². The molecule has 7 heteroatoms. The first-order valence-electron chi connectivity index (χ1n) is 10.2. The zero-order chi connectivity index (χ0) is 21.7. The van der Waals surface area contributed by atoms with E-state index in [1.54, 1.807) is 30.3 Å². The second kappa shape index (κ2) is 9.71. The highest BCUT2D eigenvalue weighted by molar-refractivity contribution is 6.01. The van der Waals surface area contributed by atoms with Gasteiger partial charge in [-0.2, -0.15) is 0 Å². The van der Waals surface area contributed by atoms with E-state index in [4.69, 9.17) is 4.74 Å². The Morgan fingerprint density at radius 1 is 1.10 bits per heavy atom. The topological polar surface area (TPSA) is 70.7 Å². The van der Waals surface area contributed by atoms with E-state index in [1.165, 1.54) is 6.07 Å². The van der Waals surface area contributed by atoms with Gasteiger partial charge in [-0.3, -0.25) is 9.59 Å². The van der Waals surface area contributed by atoms with E-state index in [0.717, 1.165) is 5.56 Å². The molecule has 1 atom stereocenters. The van der Waals surface area contributed by atoms with Crippen molar-refractivity contribution in [3.63, 3.8) is 0 Å². The summed E-state index contributed by atoms with van der Waals surface area (Å²) in [5, 5.41) is 5.52. The van der Waals surface area contributed by atoms with E-state index in [-0.39, 0.29) is 17.7 Å². The average Bonchev–Trinajstić information content (AvgIpc) is 2.72. The quantitative estimate of drug-likeness (QED) is 0.762. The fourth-order valence-electron chi connectivity index (χ4n) is 3.41. The molecule has 0 spiro atoms. The number of morpholine rings is 1. The Labute approximate surface area is 176 Å². The molecule has 1 saturated heterocycles. The third kappa shape index (κ3) is 5.36. The van der Waals surface area contributed by atoms with Gasteiger partial charge in [-0.05, 0) is 43.2 Å². The summed E-state index contributed by atoms with van der Waals surface area (Å²) in [6, 6.07) is 11.1. The summed E-state index contributed by atoms with van der Waals surface area (Å²) < 4.78 is 19.9. The van der Waals surface area contributed by atoms with Crippen LogP contribution in [0.15, 0.2) is 42.5 Å². The zero-order valence-electron chi connectivity index (χ0n) is 17.6. The van der Waals surface area contributed by atoms with Crippen LogP contribution in [-0.4, -0.2) is 44.2 Å². The Hall–Kier alpha value is -2.93. The highest BCUT2D eigenvalue weighted by Crippen LogP contribution is 2.24. The van der Waals surface area contributed by atoms with Crippen LogP contribution < -0.4 is 15.5 Å². The molecule has 30 heavy (non-hydrogen) atoms. The number of carbonyl (C=O) groups excluding carboxylic acids is 2. The van der Waals surface area contributed by atoms with Gasteiger partial charge in [-0.25, -0.2) is 4.39 Å². The maximum absolute atomic E-state index is 14.6. The molecule has 0 saturated carbocycles. The highest BCUT2D eigenvalue weighted by atomic mass is 19.1. The maximum atomic E-state index is 14.6. The molecule has 0 radical (unpaired) electrons. The molecule has 1 heterocycles. The zero-order valence-corrected chi connectivity index (χ0v) is 17.6. The first-order valence-corrected chi connectivity index (χ1v) is 10.2. The van der Waals surface area contributed by atoms with Crippen molar-refractivity contribution in [1.29, 1.82) is 0 Å². The normalized spacial score (nSPS) is 15.0. The predicted octanol–water partition coefficient (Wildman–Crippen LogP) is 3.36. The van der Waals surface area contributed by atoms with Crippen molar-refractivity contribution in [2.24, 2.45) is 5.92 Å². The van der Waals surface area contributed by atoms with Crippen LogP contribution in [0.1, 0.15) is 29.8 Å². The molecule has 0 bridgehead atoms. The molecular formula is C23H28FN3O3. The highest BCUT2D eigenvalue weighted by Gasteiger charge is 2.25. The van der Waals surface area contributed by atoms with Crippen molar-refractivity contribution < 1.29 is 18.7 Å². The van der Waals surface area contributed by atoms with Gasteiger partial charge in [0.05, 0.1) is 18.9 Å². The molecule has 0 aliphatic carbocycles. The van der Waals surface area contributed by atoms with Gasteiger partial charge in [0, 0.05) is 24.3 Å². The fraction of sp³-hybridized carbons (Fsp3) is 0.391. The van der Waals surface area contributed by atoms with E-state index >= 15 is 0 Å². The number of rotatable bonds is 6. The Bertz CT molecular complexity index is 910. The second-order valence-electron chi connectivity index (χ2n) is 7.82. The maximum Gasteiger partial charge on any atom is 0.251 e. The molecule has 0 aromatic heterocycles. The van der Waals surface area contributed by atoms with Crippen LogP contribution in [-0.2, 0) is 9.53 Å². The lowest BCUT2D eigenvalue weighted by Gasteiger charge is -2.29. The number of nitrogens with one attached hydrogen (secondary N) is 2. The van der Waals surface area contributed by atoms with Gasteiger partial charge in [-0.15, -0.1) is 0 Å². The molecule has 6 nitrogen and oxygen atoms in total. The summed E-state index contributed by atoms with van der Waals surface area (Å²) in [5.41, 5.74) is 2.30. The first-order chi connectivity index (χ1) is 14.3. The van der Waals surface area contributed by atoms with Crippen molar-refractivity contribution in [1.82, 2.24) is 5.32 Å². The summed E-state index contributed by atoms with van der Waals surface area (Å²) in [6.07, 6.45) is 0. The minimum absolute atomic E-state index is 0.142. The smallest absolute Gasteiger partial charge is 0.251 e. The van der Waals surface area contributed by atoms with Crippen LogP contribution in [0.2, 0.25) is 0 Å². The molecule has 2 amide bonds. The molecule has 1 unspecified atom stereocenters. The summed E-state index contributed by atoms with van der Waals surface area (Å²) in [5.74, 6) is -1.25. The van der Waals surface area contributed by atoms with E-state index in [9.17, 15) is 14.0 Å². The summed E-state index contributed by atoms with van der Waals surface area (Å²) in [7, 11) is 0. The number of aryl methyl sites for hydroxylation is 1. The predicted molar refractivity (Wildman–Crippen MR) is 115 cm³/mol. The fourth-order valence-corrected chi connectivity index (χ4v) is 3.41. The molecular weight excluding hydrogens is 385 g/mol. The second-order valence-corrected chi connectivity index (χ2v) is 7.82. The number of anilines is 2. The number of amides is 2. The minimum atomic E-state index is -0.750. The molecule has 160 valence electrons. The number of carbonyl (C=O) groups is 2. The van der Waals surface area contributed by atoms with E-state index < -0.39 is 11.9 Å². The van der Waals surface area contributed by atoms with Crippen LogP contribution in [0.4, 0.5) is 15.8 Å². The van der Waals surface area contributed by atoms with E-state index in [0.29, 0.717) is 43.2 Å². The molecule has 1 aliphatic rings. The van der Waals surface area contributed by atoms with Gasteiger partial charge in [0.15, 0.2) is 0 Å². The Morgan fingerprint density at radius 2 is 1.83 bits per heavy atom. The van der Waals surface area contributed by atoms with Crippen molar-refractivity contribution in [3.8, 4) is 0 Å². The number of halogens is 1. The molecule has 3 rings (SSSR count). The summed E-state index contributed by atoms with van der Waals surface area (Å²) >= 11 is 0. The lowest BCUT2D eigenvalue weighted by Crippen LogP contribution is -2.47. The lowest BCUT2D eigenvalue weighted by molar-refractivity contribution is -0.118. The number of hydrogen-bond acceptors (Lipinski definition) is 4. The monoisotopic (exact) mass is 413 g/mol. The average molecular weight is 413 g/mol. The first kappa shape index (κ1) is 21.8. The number of nitrogens with zero attached hydrogens (tertiary/aromatic N) is 1. The number of benzene rings is 2. The third-order valence-corrected chi connectivity index (χ3v) is 5.08. The van der Waals surface area contributed by atoms with E-state index in [1.807, 2.05) is 31.7 Å². The largest absolute Gasteiger partial charge is 0.378 e. The minimum Gasteiger partial charge on any atom is -0.378 e. The van der Waals surface area contributed by atoms with Crippen LogP contribution in [0.5, 0.6) is 0 Å². The van der Waals surface area contributed by atoms with Crippen molar-refractivity contribution in [2.45, 2.75) is 26.8 Å². The number of ether oxygens (including phenoxy) is 1. The van der Waals surface area contributed by atoms with Crippen molar-refractivity contribution >= 4 is 23.2 Å². The van der Waals surface area contributed by atoms with Gasteiger partial charge in [0.1, 0.15) is 11.9 Å². The van der Waals surface area contributed by atoms with Gasteiger partial charge in [-0.1, -0.05) is 31.5 Å². The molecule has 1 aliphatic heterocycles. The SMILES string of the molecule is Cc1cccc(C(=O)NC(C(=O)Nc2ccc(N3CCOCC3)c(F)c2)C(C)C)c1. The third-order valence-electron chi connectivity index (χ3n) is 5.08. The van der Waals surface area contributed by atoms with Gasteiger partial charge in [0.2, 0.25) is 5.91 Å².